The van der Waals surface area contributed by atoms with Crippen LogP contribution in [0.4, 0.5) is 0 Å². The van der Waals surface area contributed by atoms with Gasteiger partial charge in [-0.3, -0.25) is 0 Å². The molecule has 130 valence electrons. The second kappa shape index (κ2) is 6.85. The number of nitrogens with one attached hydrogen (secondary N) is 1. The number of aromatic amines is 1. The zero-order chi connectivity index (χ0) is 18.1. The summed E-state index contributed by atoms with van der Waals surface area (Å²) < 4.78 is 0. The number of aromatic nitrogens is 2. The van der Waals surface area contributed by atoms with E-state index in [-0.39, 0.29) is 0 Å². The molecule has 3 rings (SSSR count). The van der Waals surface area contributed by atoms with Crippen molar-refractivity contribution in [2.75, 3.05) is 14.1 Å². The summed E-state index contributed by atoms with van der Waals surface area (Å²) >= 11 is 0. The van der Waals surface area contributed by atoms with E-state index < -0.39 is 0 Å². The second-order valence-corrected chi connectivity index (χ2v) is 7.20. The average Bonchev–Trinajstić information content (AvgIpc) is 3.06. The molecular weight excluding hydrogens is 306 g/mol. The molecule has 0 saturated heterocycles. The summed E-state index contributed by atoms with van der Waals surface area (Å²) in [4.78, 5) is 10.3. The lowest BCUT2D eigenvalue weighted by Gasteiger charge is -2.13. The number of rotatable bonds is 4. The van der Waals surface area contributed by atoms with E-state index in [4.69, 9.17) is 0 Å². The summed E-state index contributed by atoms with van der Waals surface area (Å²) in [6, 6.07) is 10.8. The van der Waals surface area contributed by atoms with Gasteiger partial charge >= 0.3 is 0 Å². The number of benzene rings is 2. The largest absolute Gasteiger partial charge is 0.338 e. The third kappa shape index (κ3) is 3.52. The molecule has 0 radical (unpaired) electrons. The zero-order valence-electron chi connectivity index (χ0n) is 16.1. The maximum absolute atomic E-state index is 4.64. The van der Waals surface area contributed by atoms with Gasteiger partial charge in [0.15, 0.2) is 0 Å². The van der Waals surface area contributed by atoms with Gasteiger partial charge in [0, 0.05) is 17.7 Å². The van der Waals surface area contributed by atoms with Crippen LogP contribution in [0.25, 0.3) is 22.6 Å². The molecule has 0 spiro atoms. The van der Waals surface area contributed by atoms with Crippen LogP contribution in [-0.2, 0) is 6.54 Å². The first-order valence-electron chi connectivity index (χ1n) is 8.73. The van der Waals surface area contributed by atoms with Crippen molar-refractivity contribution in [2.24, 2.45) is 0 Å². The normalized spacial score (nSPS) is 11.3. The van der Waals surface area contributed by atoms with Crippen LogP contribution in [0, 0.1) is 27.7 Å². The number of aryl methyl sites for hydroxylation is 1. The van der Waals surface area contributed by atoms with Crippen LogP contribution in [0.3, 0.4) is 0 Å². The quantitative estimate of drug-likeness (QED) is 0.725. The van der Waals surface area contributed by atoms with Gasteiger partial charge in [0.2, 0.25) is 0 Å². The van der Waals surface area contributed by atoms with Crippen molar-refractivity contribution in [3.8, 4) is 22.6 Å². The van der Waals surface area contributed by atoms with E-state index in [0.29, 0.717) is 0 Å². The summed E-state index contributed by atoms with van der Waals surface area (Å²) in [6.07, 6.45) is 1.95. The molecule has 25 heavy (non-hydrogen) atoms. The number of H-pyrrole nitrogens is 1. The molecule has 0 unspecified atom stereocenters. The van der Waals surface area contributed by atoms with E-state index >= 15 is 0 Å². The Morgan fingerprint density at radius 2 is 1.72 bits per heavy atom. The highest BCUT2D eigenvalue weighted by molar-refractivity contribution is 5.70. The zero-order valence-corrected chi connectivity index (χ0v) is 16.1. The predicted molar refractivity (Wildman–Crippen MR) is 106 cm³/mol. The Balaban J connectivity index is 1.99. The lowest BCUT2D eigenvalue weighted by molar-refractivity contribution is 0.402. The maximum Gasteiger partial charge on any atom is 0.137 e. The molecule has 0 atom stereocenters. The van der Waals surface area contributed by atoms with Gasteiger partial charge < -0.3 is 9.88 Å². The lowest BCUT2D eigenvalue weighted by Crippen LogP contribution is -2.10. The molecule has 0 saturated carbocycles. The fourth-order valence-corrected chi connectivity index (χ4v) is 3.28. The van der Waals surface area contributed by atoms with E-state index in [0.717, 1.165) is 23.6 Å². The SMILES string of the molecule is Cc1cc(-c2cnc(-c3cccc(CN(C)C)c3)[nH]2)c(C)c(C)c1C. The van der Waals surface area contributed by atoms with Gasteiger partial charge in [-0.1, -0.05) is 18.2 Å². The molecule has 3 nitrogen and oxygen atoms in total. The highest BCUT2D eigenvalue weighted by Gasteiger charge is 2.12. The van der Waals surface area contributed by atoms with Crippen molar-refractivity contribution in [3.05, 3.63) is 64.3 Å². The van der Waals surface area contributed by atoms with Gasteiger partial charge in [-0.2, -0.15) is 0 Å². The topological polar surface area (TPSA) is 31.9 Å². The number of hydrogen-bond donors (Lipinski definition) is 1. The molecular formula is C22H27N3. The van der Waals surface area contributed by atoms with E-state index in [1.165, 1.54) is 33.4 Å². The smallest absolute Gasteiger partial charge is 0.137 e. The first-order chi connectivity index (χ1) is 11.9. The first kappa shape index (κ1) is 17.4. The van der Waals surface area contributed by atoms with Crippen LogP contribution in [0.5, 0.6) is 0 Å². The molecule has 3 aromatic rings. The van der Waals surface area contributed by atoms with Crippen molar-refractivity contribution < 1.29 is 0 Å². The summed E-state index contributed by atoms with van der Waals surface area (Å²) in [5.74, 6) is 0.922. The Morgan fingerprint density at radius 3 is 2.44 bits per heavy atom. The van der Waals surface area contributed by atoms with Crippen LogP contribution in [-0.4, -0.2) is 29.0 Å². The minimum atomic E-state index is 0.922. The minimum Gasteiger partial charge on any atom is -0.338 e. The number of hydrogen-bond acceptors (Lipinski definition) is 2. The minimum absolute atomic E-state index is 0.922. The standard InChI is InChI=1S/C22H27N3/c1-14-10-20(17(4)16(3)15(14)2)21-12-23-22(24-21)19-9-7-8-18(11-19)13-25(5)6/h7-12H,13H2,1-6H3,(H,23,24). The third-order valence-electron chi connectivity index (χ3n) is 5.05. The molecule has 0 bridgehead atoms. The third-order valence-corrected chi connectivity index (χ3v) is 5.05. The first-order valence-corrected chi connectivity index (χ1v) is 8.73. The van der Waals surface area contributed by atoms with Gasteiger partial charge in [-0.25, -0.2) is 4.98 Å². The summed E-state index contributed by atoms with van der Waals surface area (Å²) in [5, 5.41) is 0. The van der Waals surface area contributed by atoms with Crippen LogP contribution in [0.1, 0.15) is 27.8 Å². The molecule has 0 fully saturated rings. The second-order valence-electron chi connectivity index (χ2n) is 7.20. The highest BCUT2D eigenvalue weighted by atomic mass is 15.0. The molecule has 0 aliphatic rings. The van der Waals surface area contributed by atoms with E-state index in [1.807, 2.05) is 6.20 Å². The van der Waals surface area contributed by atoms with Gasteiger partial charge in [-0.15, -0.1) is 0 Å². The molecule has 0 amide bonds. The summed E-state index contributed by atoms with van der Waals surface area (Å²) in [5.41, 5.74) is 10.1. The number of nitrogens with zero attached hydrogens (tertiary/aromatic N) is 2. The Bertz CT molecular complexity index is 904. The molecule has 2 aromatic carbocycles. The van der Waals surface area contributed by atoms with Gasteiger partial charge in [-0.05, 0) is 81.7 Å². The van der Waals surface area contributed by atoms with Gasteiger partial charge in [0.05, 0.1) is 11.9 Å². The Labute approximate surface area is 150 Å². The Morgan fingerprint density at radius 1 is 0.960 bits per heavy atom. The van der Waals surface area contributed by atoms with Crippen molar-refractivity contribution in [3.63, 3.8) is 0 Å². The molecule has 1 heterocycles. The molecule has 1 aromatic heterocycles. The monoisotopic (exact) mass is 333 g/mol. The fourth-order valence-electron chi connectivity index (χ4n) is 3.28. The maximum atomic E-state index is 4.64. The van der Waals surface area contributed by atoms with E-state index in [2.05, 4.69) is 87.0 Å². The van der Waals surface area contributed by atoms with Crippen LogP contribution < -0.4 is 0 Å². The van der Waals surface area contributed by atoms with Gasteiger partial charge in [0.1, 0.15) is 5.82 Å². The van der Waals surface area contributed by atoms with Crippen LogP contribution in [0.2, 0.25) is 0 Å². The van der Waals surface area contributed by atoms with Crippen molar-refractivity contribution in [1.82, 2.24) is 14.9 Å². The predicted octanol–water partition coefficient (Wildman–Crippen LogP) is 5.04. The molecule has 3 heteroatoms. The Kier molecular flexibility index (Phi) is 4.78. The van der Waals surface area contributed by atoms with E-state index in [9.17, 15) is 0 Å². The van der Waals surface area contributed by atoms with Crippen molar-refractivity contribution in [1.29, 1.82) is 0 Å². The van der Waals surface area contributed by atoms with E-state index in [1.54, 1.807) is 0 Å². The highest BCUT2D eigenvalue weighted by Crippen LogP contribution is 2.30. The summed E-state index contributed by atoms with van der Waals surface area (Å²) in [6.45, 7) is 9.68. The molecule has 0 aliphatic heterocycles. The lowest BCUT2D eigenvalue weighted by atomic mass is 9.93. The summed E-state index contributed by atoms with van der Waals surface area (Å²) in [7, 11) is 4.17. The van der Waals surface area contributed by atoms with Crippen LogP contribution in [0.15, 0.2) is 36.5 Å². The fraction of sp³-hybridized carbons (Fsp3) is 0.318. The number of imidazole rings is 1. The van der Waals surface area contributed by atoms with Gasteiger partial charge in [0.25, 0.3) is 0 Å². The molecule has 1 N–H and O–H groups in total. The molecule has 0 aliphatic carbocycles. The van der Waals surface area contributed by atoms with Crippen molar-refractivity contribution >= 4 is 0 Å². The van der Waals surface area contributed by atoms with Crippen LogP contribution >= 0.6 is 0 Å². The average molecular weight is 333 g/mol. The Hall–Kier alpha value is -2.39. The van der Waals surface area contributed by atoms with Crippen molar-refractivity contribution in [2.45, 2.75) is 34.2 Å².